The van der Waals surface area contributed by atoms with Crippen LogP contribution in [0.3, 0.4) is 0 Å². The van der Waals surface area contributed by atoms with Crippen LogP contribution in [0.15, 0.2) is 48.5 Å². The van der Waals surface area contributed by atoms with Crippen LogP contribution in [0.5, 0.6) is 5.75 Å². The average molecular weight is 296 g/mol. The molecule has 0 saturated carbocycles. The molecule has 3 rings (SSSR count). The van der Waals surface area contributed by atoms with Crippen molar-refractivity contribution in [2.24, 2.45) is 0 Å². The molecule has 0 saturated heterocycles. The summed E-state index contributed by atoms with van der Waals surface area (Å²) in [6.45, 7) is 0.590. The number of carbonyl (C=O) groups is 1. The van der Waals surface area contributed by atoms with E-state index in [1.54, 1.807) is 7.11 Å². The Morgan fingerprint density at radius 1 is 1.23 bits per heavy atom. The van der Waals surface area contributed by atoms with Crippen LogP contribution in [-0.2, 0) is 17.8 Å². The van der Waals surface area contributed by atoms with E-state index in [2.05, 4.69) is 4.98 Å². The van der Waals surface area contributed by atoms with Crippen molar-refractivity contribution in [1.82, 2.24) is 9.55 Å². The summed E-state index contributed by atoms with van der Waals surface area (Å²) < 4.78 is 7.15. The first kappa shape index (κ1) is 14.1. The Labute approximate surface area is 127 Å². The molecule has 1 N–H and O–H groups in total. The summed E-state index contributed by atoms with van der Waals surface area (Å²) in [7, 11) is 1.60. The molecule has 1 heterocycles. The molecule has 0 radical (unpaired) electrons. The van der Waals surface area contributed by atoms with Crippen LogP contribution in [0.2, 0.25) is 0 Å². The Morgan fingerprint density at radius 3 is 2.68 bits per heavy atom. The number of fused-ring (bicyclic) bond motifs is 1. The molecule has 0 atom stereocenters. The molecule has 1 aromatic heterocycles. The number of ether oxygens (including phenoxy) is 1. The van der Waals surface area contributed by atoms with Crippen molar-refractivity contribution in [2.45, 2.75) is 13.0 Å². The molecule has 0 amide bonds. The fraction of sp³-hybridized carbons (Fsp3) is 0.176. The first-order chi connectivity index (χ1) is 10.7. The molecular formula is C17H16N2O3. The largest absolute Gasteiger partial charge is 0.497 e. The highest BCUT2D eigenvalue weighted by atomic mass is 16.5. The molecular weight excluding hydrogens is 280 g/mol. The summed E-state index contributed by atoms with van der Waals surface area (Å²) in [6, 6.07) is 15.5. The van der Waals surface area contributed by atoms with Gasteiger partial charge in [0.2, 0.25) is 0 Å². The van der Waals surface area contributed by atoms with Crippen molar-refractivity contribution in [1.29, 1.82) is 0 Å². The molecule has 0 fully saturated rings. The van der Waals surface area contributed by atoms with Gasteiger partial charge in [-0.3, -0.25) is 4.79 Å². The van der Waals surface area contributed by atoms with Gasteiger partial charge in [0.1, 0.15) is 18.0 Å². The third kappa shape index (κ3) is 2.79. The summed E-state index contributed by atoms with van der Waals surface area (Å²) in [5, 5.41) is 9.11. The Hall–Kier alpha value is -2.82. The predicted octanol–water partition coefficient (Wildman–Crippen LogP) is 2.72. The summed E-state index contributed by atoms with van der Waals surface area (Å²) in [4.78, 5) is 15.6. The van der Waals surface area contributed by atoms with Crippen molar-refractivity contribution in [3.63, 3.8) is 0 Å². The number of rotatable bonds is 5. The van der Waals surface area contributed by atoms with Gasteiger partial charge in [0, 0.05) is 12.6 Å². The SMILES string of the molecule is COc1ccc2c(c1)nc(CC(=O)O)n2Cc1ccccc1. The van der Waals surface area contributed by atoms with Crippen LogP contribution >= 0.6 is 0 Å². The molecule has 5 nitrogen and oxygen atoms in total. The van der Waals surface area contributed by atoms with Gasteiger partial charge in [-0.15, -0.1) is 0 Å². The van der Waals surface area contributed by atoms with Gasteiger partial charge in [0.25, 0.3) is 0 Å². The van der Waals surface area contributed by atoms with Gasteiger partial charge in [-0.2, -0.15) is 0 Å². The van der Waals surface area contributed by atoms with Crippen molar-refractivity contribution in [3.05, 3.63) is 59.9 Å². The lowest BCUT2D eigenvalue weighted by Gasteiger charge is -2.08. The van der Waals surface area contributed by atoms with Gasteiger partial charge in [0.05, 0.1) is 18.1 Å². The number of carboxylic acid groups (broad SMARTS) is 1. The number of aliphatic carboxylic acids is 1. The van der Waals surface area contributed by atoms with E-state index < -0.39 is 5.97 Å². The third-order valence-electron chi connectivity index (χ3n) is 3.53. The first-order valence-electron chi connectivity index (χ1n) is 6.96. The maximum atomic E-state index is 11.1. The quantitative estimate of drug-likeness (QED) is 0.786. The van der Waals surface area contributed by atoms with Crippen molar-refractivity contribution < 1.29 is 14.6 Å². The molecule has 0 aliphatic carbocycles. The van der Waals surface area contributed by atoms with Crippen LogP contribution < -0.4 is 4.74 Å². The van der Waals surface area contributed by atoms with Crippen LogP contribution in [0.4, 0.5) is 0 Å². The fourth-order valence-electron chi connectivity index (χ4n) is 2.50. The molecule has 0 spiro atoms. The van der Waals surface area contributed by atoms with Crippen LogP contribution in [0.25, 0.3) is 11.0 Å². The van der Waals surface area contributed by atoms with Crippen LogP contribution in [0.1, 0.15) is 11.4 Å². The van der Waals surface area contributed by atoms with Gasteiger partial charge in [-0.05, 0) is 17.7 Å². The monoisotopic (exact) mass is 296 g/mol. The van der Waals surface area contributed by atoms with E-state index in [0.717, 1.165) is 16.6 Å². The first-order valence-corrected chi connectivity index (χ1v) is 6.96. The summed E-state index contributed by atoms with van der Waals surface area (Å²) in [5.74, 6) is 0.356. The molecule has 22 heavy (non-hydrogen) atoms. The maximum Gasteiger partial charge on any atom is 0.311 e. The van der Waals surface area contributed by atoms with Gasteiger partial charge in [0.15, 0.2) is 0 Å². The second-order valence-electron chi connectivity index (χ2n) is 5.02. The van der Waals surface area contributed by atoms with Gasteiger partial charge in [-0.25, -0.2) is 4.98 Å². The van der Waals surface area contributed by atoms with E-state index in [4.69, 9.17) is 9.84 Å². The predicted molar refractivity (Wildman–Crippen MR) is 83.2 cm³/mol. The van der Waals surface area contributed by atoms with E-state index in [1.165, 1.54) is 0 Å². The fourth-order valence-corrected chi connectivity index (χ4v) is 2.50. The van der Waals surface area contributed by atoms with Crippen molar-refractivity contribution >= 4 is 17.0 Å². The molecule has 0 unspecified atom stereocenters. The lowest BCUT2D eigenvalue weighted by Crippen LogP contribution is -2.10. The third-order valence-corrected chi connectivity index (χ3v) is 3.53. The smallest absolute Gasteiger partial charge is 0.311 e. The summed E-state index contributed by atoms with van der Waals surface area (Å²) >= 11 is 0. The van der Waals surface area contributed by atoms with E-state index >= 15 is 0 Å². The van der Waals surface area contributed by atoms with Crippen LogP contribution in [-0.4, -0.2) is 27.7 Å². The Balaban J connectivity index is 2.09. The highest BCUT2D eigenvalue weighted by molar-refractivity contribution is 5.79. The molecule has 0 aliphatic heterocycles. The number of methoxy groups -OCH3 is 1. The number of nitrogens with zero attached hydrogens (tertiary/aromatic N) is 2. The minimum atomic E-state index is -0.892. The highest BCUT2D eigenvalue weighted by Crippen LogP contribution is 2.23. The minimum absolute atomic E-state index is 0.107. The van der Waals surface area contributed by atoms with E-state index in [-0.39, 0.29) is 6.42 Å². The second kappa shape index (κ2) is 5.89. The number of imidazole rings is 1. The lowest BCUT2D eigenvalue weighted by molar-refractivity contribution is -0.136. The molecule has 5 heteroatoms. The number of benzene rings is 2. The van der Waals surface area contributed by atoms with Gasteiger partial charge < -0.3 is 14.4 Å². The van der Waals surface area contributed by atoms with Crippen LogP contribution in [0, 0.1) is 0 Å². The molecule has 2 aromatic carbocycles. The summed E-state index contributed by atoms with van der Waals surface area (Å²) in [6.07, 6.45) is -0.107. The van der Waals surface area contributed by atoms with Gasteiger partial charge >= 0.3 is 5.97 Å². The zero-order valence-electron chi connectivity index (χ0n) is 12.2. The number of aromatic nitrogens is 2. The van der Waals surface area contributed by atoms with E-state index in [0.29, 0.717) is 18.1 Å². The zero-order valence-corrected chi connectivity index (χ0v) is 12.2. The molecule has 112 valence electrons. The summed E-state index contributed by atoms with van der Waals surface area (Å²) in [5.41, 5.74) is 2.75. The van der Waals surface area contributed by atoms with E-state index in [9.17, 15) is 4.79 Å². The zero-order chi connectivity index (χ0) is 15.5. The molecule has 3 aromatic rings. The standard InChI is InChI=1S/C17H16N2O3/c1-22-13-7-8-15-14(9-13)18-16(10-17(20)21)19(15)11-12-5-3-2-4-6-12/h2-9H,10-11H2,1H3,(H,20,21). The van der Waals surface area contributed by atoms with E-state index in [1.807, 2.05) is 53.1 Å². The lowest BCUT2D eigenvalue weighted by atomic mass is 10.2. The Morgan fingerprint density at radius 2 is 2.00 bits per heavy atom. The Bertz CT molecular complexity index is 809. The van der Waals surface area contributed by atoms with Crippen molar-refractivity contribution in [2.75, 3.05) is 7.11 Å². The second-order valence-corrected chi connectivity index (χ2v) is 5.02. The topological polar surface area (TPSA) is 64.3 Å². The maximum absolute atomic E-state index is 11.1. The Kier molecular flexibility index (Phi) is 3.78. The van der Waals surface area contributed by atoms with Gasteiger partial charge in [-0.1, -0.05) is 30.3 Å². The highest BCUT2D eigenvalue weighted by Gasteiger charge is 2.14. The van der Waals surface area contributed by atoms with Crippen molar-refractivity contribution in [3.8, 4) is 5.75 Å². The minimum Gasteiger partial charge on any atom is -0.497 e. The molecule has 0 bridgehead atoms. The number of carboxylic acids is 1. The average Bonchev–Trinajstić information content (AvgIpc) is 2.84. The number of hydrogen-bond donors (Lipinski definition) is 1. The normalized spacial score (nSPS) is 10.8. The number of hydrogen-bond acceptors (Lipinski definition) is 3. The molecule has 0 aliphatic rings.